The largest absolute Gasteiger partial charge is 0.496 e. The Labute approximate surface area is 271 Å². The van der Waals surface area contributed by atoms with Gasteiger partial charge >= 0.3 is 0 Å². The molecule has 12 nitrogen and oxygen atoms in total. The predicted molar refractivity (Wildman–Crippen MR) is 170 cm³/mol. The summed E-state index contributed by atoms with van der Waals surface area (Å²) in [5.41, 5.74) is 2.63. The van der Waals surface area contributed by atoms with Gasteiger partial charge in [0.2, 0.25) is 5.91 Å². The topological polar surface area (TPSA) is 141 Å². The number of hydrogen-bond acceptors (Lipinski definition) is 9. The molecule has 1 saturated heterocycles. The van der Waals surface area contributed by atoms with Crippen LogP contribution in [0.25, 0.3) is 11.3 Å². The van der Waals surface area contributed by atoms with E-state index in [1.54, 1.807) is 42.3 Å². The van der Waals surface area contributed by atoms with Crippen molar-refractivity contribution in [3.63, 3.8) is 0 Å². The molecule has 2 atom stereocenters. The molecule has 0 spiro atoms. The first-order chi connectivity index (χ1) is 22.9. The third kappa shape index (κ3) is 7.49. The highest BCUT2D eigenvalue weighted by molar-refractivity contribution is 5.93. The number of aromatic nitrogens is 1. The van der Waals surface area contributed by atoms with Crippen molar-refractivity contribution in [1.82, 2.24) is 20.7 Å². The van der Waals surface area contributed by atoms with E-state index in [1.807, 2.05) is 42.5 Å². The SMILES string of the molecule is COc1cc2ccc1CNC(=O)CCc1ccc(OC)c(c1)OCC(=O)N[C@@H]1CN(C(=O)c3cc(-c4ccccc4)on3)CC[C@@H]1O2. The van der Waals surface area contributed by atoms with Crippen molar-refractivity contribution >= 4 is 17.7 Å². The number of nitrogens with zero attached hydrogens (tertiary/aromatic N) is 2. The monoisotopic (exact) mass is 640 g/mol. The van der Waals surface area contributed by atoms with Crippen LogP contribution in [-0.2, 0) is 22.6 Å². The van der Waals surface area contributed by atoms with Gasteiger partial charge in [0.1, 0.15) is 17.6 Å². The summed E-state index contributed by atoms with van der Waals surface area (Å²) < 4.78 is 28.8. The van der Waals surface area contributed by atoms with Crippen LogP contribution in [-0.4, -0.2) is 73.8 Å². The number of nitrogens with one attached hydrogen (secondary N) is 2. The van der Waals surface area contributed by atoms with Gasteiger partial charge in [-0.05, 0) is 36.2 Å². The number of amides is 3. The van der Waals surface area contributed by atoms with E-state index in [4.69, 9.17) is 23.5 Å². The normalized spacial score (nSPS) is 18.6. The molecule has 244 valence electrons. The molecule has 0 unspecified atom stereocenters. The van der Waals surface area contributed by atoms with Gasteiger partial charge in [-0.2, -0.15) is 0 Å². The molecule has 3 aliphatic rings. The molecule has 2 N–H and O–H groups in total. The van der Waals surface area contributed by atoms with Crippen LogP contribution in [0.5, 0.6) is 23.0 Å². The standard InChI is InChI=1S/C35H36N4O8/c1-43-29-12-8-22-9-13-33(40)36-19-24-10-11-25(17-30(24)44-2)46-28-14-15-39(20-27(28)37-34(41)21-45-32(29)16-22)35(42)26-18-31(47-38-26)23-6-4-3-5-7-23/h3-8,10-12,16-18,27-28H,9,13-15,19-21H2,1-2H3,(H,36,40)(H,37,41)/t27-,28+/m1/s1. The van der Waals surface area contributed by atoms with Crippen LogP contribution in [0.15, 0.2) is 77.3 Å². The van der Waals surface area contributed by atoms with E-state index in [0.717, 1.165) is 16.7 Å². The van der Waals surface area contributed by atoms with Crippen LogP contribution >= 0.6 is 0 Å². The second-order valence-electron chi connectivity index (χ2n) is 11.3. The molecular formula is C35H36N4O8. The van der Waals surface area contributed by atoms with E-state index in [1.165, 1.54) is 7.11 Å². The lowest BCUT2D eigenvalue weighted by Crippen LogP contribution is -2.58. The van der Waals surface area contributed by atoms with Gasteiger partial charge in [-0.15, -0.1) is 0 Å². The Morgan fingerprint density at radius 3 is 2.57 bits per heavy atom. The van der Waals surface area contributed by atoms with Crippen LogP contribution in [0, 0.1) is 0 Å². The second-order valence-corrected chi connectivity index (χ2v) is 11.3. The van der Waals surface area contributed by atoms with Crippen LogP contribution in [0.3, 0.4) is 0 Å². The number of fused-ring (bicyclic) bond motifs is 9. The van der Waals surface area contributed by atoms with E-state index in [0.29, 0.717) is 48.1 Å². The molecule has 7 rings (SSSR count). The fraction of sp³-hybridized carbons (Fsp3) is 0.314. The van der Waals surface area contributed by atoms with Gasteiger partial charge in [0.25, 0.3) is 11.8 Å². The molecule has 3 amide bonds. The zero-order valence-corrected chi connectivity index (χ0v) is 26.2. The van der Waals surface area contributed by atoms with Crippen molar-refractivity contribution in [2.24, 2.45) is 0 Å². The molecule has 4 heterocycles. The Hall–Kier alpha value is -5.52. The van der Waals surface area contributed by atoms with Gasteiger partial charge in [-0.3, -0.25) is 14.4 Å². The first-order valence-corrected chi connectivity index (χ1v) is 15.4. The Morgan fingerprint density at radius 1 is 0.936 bits per heavy atom. The summed E-state index contributed by atoms with van der Waals surface area (Å²) in [6.45, 7) is 0.518. The molecule has 4 aromatic rings. The third-order valence-electron chi connectivity index (χ3n) is 8.22. The van der Waals surface area contributed by atoms with Gasteiger partial charge in [0.05, 0.1) is 20.3 Å². The third-order valence-corrected chi connectivity index (χ3v) is 8.22. The Bertz CT molecular complexity index is 1740. The molecule has 0 aliphatic carbocycles. The number of likely N-dealkylation sites (tertiary alicyclic amines) is 1. The van der Waals surface area contributed by atoms with Crippen molar-refractivity contribution in [3.8, 4) is 34.3 Å². The summed E-state index contributed by atoms with van der Waals surface area (Å²) in [5, 5.41) is 10.00. The van der Waals surface area contributed by atoms with E-state index >= 15 is 0 Å². The Kier molecular flexibility index (Phi) is 9.56. The molecule has 47 heavy (non-hydrogen) atoms. The van der Waals surface area contributed by atoms with Crippen molar-refractivity contribution in [2.75, 3.05) is 33.9 Å². The molecule has 0 radical (unpaired) electrons. The molecule has 4 bridgehead atoms. The van der Waals surface area contributed by atoms with Gasteiger partial charge in [-0.25, -0.2) is 0 Å². The van der Waals surface area contributed by atoms with Crippen molar-refractivity contribution in [3.05, 3.63) is 89.6 Å². The zero-order valence-electron chi connectivity index (χ0n) is 26.2. The Balaban J connectivity index is 1.25. The minimum atomic E-state index is -0.579. The highest BCUT2D eigenvalue weighted by Crippen LogP contribution is 2.30. The highest BCUT2D eigenvalue weighted by atomic mass is 16.5. The number of piperidine rings is 1. The van der Waals surface area contributed by atoms with E-state index in [-0.39, 0.29) is 43.6 Å². The fourth-order valence-electron chi connectivity index (χ4n) is 5.71. The summed E-state index contributed by atoms with van der Waals surface area (Å²) >= 11 is 0. The molecule has 12 heteroatoms. The minimum absolute atomic E-state index is 0.117. The second kappa shape index (κ2) is 14.3. The number of rotatable bonds is 4. The maximum absolute atomic E-state index is 13.6. The summed E-state index contributed by atoms with van der Waals surface area (Å²) in [4.78, 5) is 41.2. The number of hydrogen-bond donors (Lipinski definition) is 2. The smallest absolute Gasteiger partial charge is 0.276 e. The molecule has 3 aliphatic heterocycles. The number of carbonyl (C=O) groups is 3. The van der Waals surface area contributed by atoms with E-state index < -0.39 is 18.1 Å². The van der Waals surface area contributed by atoms with Crippen LogP contribution < -0.4 is 29.6 Å². The van der Waals surface area contributed by atoms with Gasteiger partial charge in [0, 0.05) is 55.7 Å². The predicted octanol–water partition coefficient (Wildman–Crippen LogP) is 3.78. The average Bonchev–Trinajstić information content (AvgIpc) is 3.60. The summed E-state index contributed by atoms with van der Waals surface area (Å²) in [7, 11) is 3.07. The van der Waals surface area contributed by atoms with E-state index in [2.05, 4.69) is 15.8 Å². The lowest BCUT2D eigenvalue weighted by molar-refractivity contribution is -0.125. The number of ether oxygens (including phenoxy) is 4. The summed E-state index contributed by atoms with van der Waals surface area (Å²) in [6.07, 6.45) is 0.678. The summed E-state index contributed by atoms with van der Waals surface area (Å²) in [5.74, 6) is 1.59. The van der Waals surface area contributed by atoms with Crippen LogP contribution in [0.4, 0.5) is 0 Å². The highest BCUT2D eigenvalue weighted by Gasteiger charge is 2.35. The molecule has 0 saturated carbocycles. The first kappa shape index (κ1) is 31.5. The maximum atomic E-state index is 13.6. The minimum Gasteiger partial charge on any atom is -0.496 e. The number of benzene rings is 3. The lowest BCUT2D eigenvalue weighted by Gasteiger charge is -2.38. The van der Waals surface area contributed by atoms with E-state index in [9.17, 15) is 14.4 Å². The van der Waals surface area contributed by atoms with Crippen LogP contribution in [0.2, 0.25) is 0 Å². The number of methoxy groups -OCH3 is 2. The quantitative estimate of drug-likeness (QED) is 0.341. The number of carbonyl (C=O) groups excluding carboxylic acids is 3. The average molecular weight is 641 g/mol. The molecular weight excluding hydrogens is 604 g/mol. The zero-order chi connectivity index (χ0) is 32.8. The first-order valence-electron chi connectivity index (χ1n) is 15.4. The number of aryl methyl sites for hydroxylation is 1. The maximum Gasteiger partial charge on any atom is 0.276 e. The van der Waals surface area contributed by atoms with Crippen molar-refractivity contribution < 1.29 is 37.9 Å². The molecule has 1 fully saturated rings. The fourth-order valence-corrected chi connectivity index (χ4v) is 5.71. The van der Waals surface area contributed by atoms with Gasteiger partial charge in [0.15, 0.2) is 29.6 Å². The van der Waals surface area contributed by atoms with Crippen LogP contribution in [0.1, 0.15) is 34.5 Å². The van der Waals surface area contributed by atoms with Gasteiger partial charge < -0.3 is 39.0 Å². The van der Waals surface area contributed by atoms with Gasteiger partial charge in [-0.1, -0.05) is 41.6 Å². The molecule has 1 aromatic heterocycles. The molecule has 3 aromatic carbocycles. The Morgan fingerprint density at radius 2 is 1.77 bits per heavy atom. The van der Waals surface area contributed by atoms with Crippen molar-refractivity contribution in [1.29, 1.82) is 0 Å². The lowest BCUT2D eigenvalue weighted by atomic mass is 10.0. The van der Waals surface area contributed by atoms with Crippen molar-refractivity contribution in [2.45, 2.75) is 38.0 Å². The summed E-state index contributed by atoms with van der Waals surface area (Å²) in [6, 6.07) is 21.2.